The Morgan fingerprint density at radius 3 is 2.59 bits per heavy atom. The monoisotopic (exact) mass is 454 g/mol. The highest BCUT2D eigenvalue weighted by Crippen LogP contribution is 2.22. The molecule has 5 rings (SSSR count). The summed E-state index contributed by atoms with van der Waals surface area (Å²) in [7, 11) is 0. The summed E-state index contributed by atoms with van der Waals surface area (Å²) in [5.41, 5.74) is 3.18. The highest BCUT2D eigenvalue weighted by Gasteiger charge is 2.15. The molecule has 0 aliphatic rings. The lowest BCUT2D eigenvalue weighted by Crippen LogP contribution is -2.32. The number of aromatic nitrogens is 3. The van der Waals surface area contributed by atoms with Gasteiger partial charge in [0.15, 0.2) is 0 Å². The van der Waals surface area contributed by atoms with Gasteiger partial charge in [-0.1, -0.05) is 30.3 Å². The molecule has 0 saturated carbocycles. The van der Waals surface area contributed by atoms with Gasteiger partial charge in [-0.3, -0.25) is 19.7 Å². The molecule has 0 aliphatic carbocycles. The van der Waals surface area contributed by atoms with Crippen molar-refractivity contribution in [1.29, 1.82) is 0 Å². The van der Waals surface area contributed by atoms with Gasteiger partial charge in [0.1, 0.15) is 5.82 Å². The minimum Gasteiger partial charge on any atom is -0.350 e. The fraction of sp³-hybridized carbons (Fsp3) is 0.148. The normalized spacial score (nSPS) is 12.2. The number of rotatable bonds is 6. The van der Waals surface area contributed by atoms with Crippen molar-refractivity contribution in [3.8, 4) is 5.69 Å². The molecule has 0 fully saturated rings. The Hall–Kier alpha value is -4.26. The van der Waals surface area contributed by atoms with Gasteiger partial charge in [-0.15, -0.1) is 0 Å². The molecule has 5 aromatic rings. The number of halogens is 1. The number of carbonyl (C=O) groups is 1. The Balaban J connectivity index is 1.43. The molecule has 1 atom stereocenters. The first-order valence-corrected chi connectivity index (χ1v) is 11.1. The molecule has 7 heteroatoms. The second-order valence-corrected chi connectivity index (χ2v) is 8.41. The minimum atomic E-state index is -0.381. The van der Waals surface area contributed by atoms with Crippen LogP contribution in [0.2, 0.25) is 0 Å². The Morgan fingerprint density at radius 2 is 1.82 bits per heavy atom. The van der Waals surface area contributed by atoms with Crippen LogP contribution in [-0.2, 0) is 6.42 Å². The number of fused-ring (bicyclic) bond motifs is 3. The number of H-pyrrole nitrogens is 1. The van der Waals surface area contributed by atoms with Crippen molar-refractivity contribution in [2.24, 2.45) is 0 Å². The maximum Gasteiger partial charge on any atom is 0.280 e. The van der Waals surface area contributed by atoms with Crippen LogP contribution in [0.5, 0.6) is 0 Å². The number of aryl methyl sites for hydroxylation is 1. The highest BCUT2D eigenvalue weighted by atomic mass is 19.1. The number of nitrogens with one attached hydrogen (secondary N) is 2. The summed E-state index contributed by atoms with van der Waals surface area (Å²) in [6.45, 7) is 1.99. The van der Waals surface area contributed by atoms with E-state index in [0.29, 0.717) is 33.1 Å². The molecule has 0 aliphatic heterocycles. The summed E-state index contributed by atoms with van der Waals surface area (Å²) in [5, 5.41) is 7.21. The second-order valence-electron chi connectivity index (χ2n) is 8.41. The molecule has 0 radical (unpaired) electrons. The molecule has 2 aromatic heterocycles. The summed E-state index contributed by atoms with van der Waals surface area (Å²) < 4.78 is 14.7. The third kappa shape index (κ3) is 4.20. The summed E-state index contributed by atoms with van der Waals surface area (Å²) in [6.07, 6.45) is 3.22. The van der Waals surface area contributed by atoms with E-state index >= 15 is 0 Å². The minimum absolute atomic E-state index is 0.00307. The van der Waals surface area contributed by atoms with Crippen molar-refractivity contribution in [3.05, 3.63) is 106 Å². The number of hydrogen-bond donors (Lipinski definition) is 2. The lowest BCUT2D eigenvalue weighted by molar-refractivity contribution is 0.0938. The average Bonchev–Trinajstić information content (AvgIpc) is 3.20. The summed E-state index contributed by atoms with van der Waals surface area (Å²) >= 11 is 0. The van der Waals surface area contributed by atoms with Gasteiger partial charge in [0.2, 0.25) is 0 Å². The van der Waals surface area contributed by atoms with E-state index in [1.165, 1.54) is 40.7 Å². The zero-order valence-corrected chi connectivity index (χ0v) is 18.6. The van der Waals surface area contributed by atoms with E-state index in [4.69, 9.17) is 0 Å². The quantitative estimate of drug-likeness (QED) is 0.388. The van der Waals surface area contributed by atoms with Crippen molar-refractivity contribution in [2.45, 2.75) is 25.8 Å². The molecule has 6 nitrogen and oxygen atoms in total. The lowest BCUT2D eigenvalue weighted by atomic mass is 10.1. The van der Waals surface area contributed by atoms with Gasteiger partial charge in [0, 0.05) is 23.2 Å². The summed E-state index contributed by atoms with van der Waals surface area (Å²) in [5.74, 6) is -0.562. The van der Waals surface area contributed by atoms with Gasteiger partial charge in [-0.05, 0) is 67.8 Å². The first kappa shape index (κ1) is 21.6. The van der Waals surface area contributed by atoms with E-state index in [1.54, 1.807) is 18.2 Å². The van der Waals surface area contributed by atoms with Crippen molar-refractivity contribution < 1.29 is 9.18 Å². The third-order valence-corrected chi connectivity index (χ3v) is 5.96. The van der Waals surface area contributed by atoms with Crippen LogP contribution in [0, 0.1) is 5.82 Å². The Labute approximate surface area is 195 Å². The largest absolute Gasteiger partial charge is 0.350 e. The number of nitrogens with zero attached hydrogens (tertiary/aromatic N) is 2. The fourth-order valence-corrected chi connectivity index (χ4v) is 4.08. The van der Waals surface area contributed by atoms with Crippen molar-refractivity contribution in [2.75, 3.05) is 0 Å². The van der Waals surface area contributed by atoms with Crippen LogP contribution in [-0.4, -0.2) is 26.7 Å². The first-order chi connectivity index (χ1) is 16.5. The van der Waals surface area contributed by atoms with Gasteiger partial charge < -0.3 is 5.32 Å². The van der Waals surface area contributed by atoms with Gasteiger partial charge in [-0.2, -0.15) is 0 Å². The van der Waals surface area contributed by atoms with Gasteiger partial charge in [0.25, 0.3) is 11.5 Å². The van der Waals surface area contributed by atoms with E-state index in [2.05, 4.69) is 27.5 Å². The Kier molecular flexibility index (Phi) is 5.67. The van der Waals surface area contributed by atoms with Crippen LogP contribution in [0.15, 0.2) is 83.8 Å². The fourth-order valence-electron chi connectivity index (χ4n) is 4.08. The third-order valence-electron chi connectivity index (χ3n) is 5.96. The molecule has 170 valence electrons. The maximum atomic E-state index is 13.3. The molecule has 2 N–H and O–H groups in total. The lowest BCUT2D eigenvalue weighted by Gasteiger charge is -2.14. The Morgan fingerprint density at radius 1 is 1.06 bits per heavy atom. The maximum absolute atomic E-state index is 13.3. The molecule has 0 bridgehead atoms. The predicted molar refractivity (Wildman–Crippen MR) is 131 cm³/mol. The number of pyridine rings is 1. The summed E-state index contributed by atoms with van der Waals surface area (Å²) in [6, 6.07) is 21.1. The van der Waals surface area contributed by atoms with Crippen LogP contribution < -0.4 is 10.9 Å². The molecule has 2 heterocycles. The molecule has 0 saturated heterocycles. The van der Waals surface area contributed by atoms with E-state index in [-0.39, 0.29) is 23.3 Å². The summed E-state index contributed by atoms with van der Waals surface area (Å²) in [4.78, 5) is 30.2. The van der Waals surface area contributed by atoms with Crippen LogP contribution in [0.1, 0.15) is 29.3 Å². The van der Waals surface area contributed by atoms with Gasteiger partial charge in [-0.25, -0.2) is 9.07 Å². The smallest absolute Gasteiger partial charge is 0.280 e. The van der Waals surface area contributed by atoms with Crippen LogP contribution >= 0.6 is 0 Å². The van der Waals surface area contributed by atoms with Crippen molar-refractivity contribution >= 4 is 27.7 Å². The van der Waals surface area contributed by atoms with Gasteiger partial charge >= 0.3 is 0 Å². The van der Waals surface area contributed by atoms with Crippen LogP contribution in [0.3, 0.4) is 0 Å². The van der Waals surface area contributed by atoms with Crippen molar-refractivity contribution in [3.63, 3.8) is 0 Å². The number of amides is 1. The SMILES string of the molecule is CC(CCc1ccccc1)NC(=O)c1ccc2ncc3c(=O)n(-c4ccc(F)cc4)[nH]c3c2c1. The highest BCUT2D eigenvalue weighted by molar-refractivity contribution is 6.06. The molecule has 1 unspecified atom stereocenters. The standard InChI is InChI=1S/C27H23FN4O2/c1-17(7-8-18-5-3-2-4-6-18)30-26(33)19-9-14-24-22(15-19)25-23(16-29-24)27(34)32(31-25)21-12-10-20(28)11-13-21/h2-6,9-17,31H,7-8H2,1H3,(H,30,33). The second kappa shape index (κ2) is 8.94. The van der Waals surface area contributed by atoms with E-state index in [1.807, 2.05) is 25.1 Å². The predicted octanol–water partition coefficient (Wildman–Crippen LogP) is 4.76. The first-order valence-electron chi connectivity index (χ1n) is 11.1. The molecule has 34 heavy (non-hydrogen) atoms. The zero-order valence-electron chi connectivity index (χ0n) is 18.6. The van der Waals surface area contributed by atoms with E-state index in [9.17, 15) is 14.0 Å². The zero-order chi connectivity index (χ0) is 23.7. The average molecular weight is 455 g/mol. The molecule has 0 spiro atoms. The van der Waals surface area contributed by atoms with Crippen LogP contribution in [0.4, 0.5) is 4.39 Å². The topological polar surface area (TPSA) is 79.8 Å². The number of carbonyl (C=O) groups excluding carboxylic acids is 1. The molecular formula is C27H23FN4O2. The van der Waals surface area contributed by atoms with Crippen LogP contribution in [0.25, 0.3) is 27.5 Å². The molecule has 3 aromatic carbocycles. The molecular weight excluding hydrogens is 431 g/mol. The van der Waals surface area contributed by atoms with E-state index in [0.717, 1.165) is 12.8 Å². The Bertz CT molecular complexity index is 1540. The number of hydrogen-bond acceptors (Lipinski definition) is 3. The number of benzene rings is 3. The van der Waals surface area contributed by atoms with Gasteiger partial charge in [0.05, 0.1) is 22.1 Å². The van der Waals surface area contributed by atoms with E-state index < -0.39 is 0 Å². The molecule has 1 amide bonds. The number of aromatic amines is 1. The van der Waals surface area contributed by atoms with Crippen molar-refractivity contribution in [1.82, 2.24) is 20.1 Å².